The molecule has 0 aliphatic carbocycles. The van der Waals surface area contributed by atoms with Crippen molar-refractivity contribution < 1.29 is 0 Å². The Kier molecular flexibility index (Phi) is 1.98. The van der Waals surface area contributed by atoms with E-state index in [9.17, 15) is 0 Å². The van der Waals surface area contributed by atoms with Crippen molar-refractivity contribution in [3.63, 3.8) is 0 Å². The fourth-order valence-corrected chi connectivity index (χ4v) is 0.770. The number of rotatable bonds is 1. The molecule has 56 valence electrons. The highest BCUT2D eigenvalue weighted by molar-refractivity contribution is 5.62. The molecule has 0 aliphatic heterocycles. The molecule has 1 heterocycles. The van der Waals surface area contributed by atoms with Crippen LogP contribution in [0.15, 0.2) is 12.3 Å². The highest BCUT2D eigenvalue weighted by atomic mass is 15.0. The lowest BCUT2D eigenvalue weighted by atomic mass is 10.2. The molecule has 0 radical (unpaired) electrons. The van der Waals surface area contributed by atoms with Crippen LogP contribution in [0.4, 0.5) is 11.5 Å². The molecule has 3 heteroatoms. The second-order valence-corrected chi connectivity index (χ2v) is 2.06. The van der Waals surface area contributed by atoms with Gasteiger partial charge in [0.2, 0.25) is 0 Å². The summed E-state index contributed by atoms with van der Waals surface area (Å²) in [5.41, 5.74) is 6.85. The van der Waals surface area contributed by atoms with Crippen LogP contribution in [0.5, 0.6) is 0 Å². The fourth-order valence-electron chi connectivity index (χ4n) is 0.770. The molecular formula is C8H9N3. The van der Waals surface area contributed by atoms with Crippen molar-refractivity contribution in [2.75, 3.05) is 18.1 Å². The lowest BCUT2D eigenvalue weighted by Crippen LogP contribution is -1.98. The second kappa shape index (κ2) is 2.93. The van der Waals surface area contributed by atoms with Gasteiger partial charge in [0.1, 0.15) is 5.82 Å². The second-order valence-electron chi connectivity index (χ2n) is 2.06. The third-order valence-electron chi connectivity index (χ3n) is 1.32. The summed E-state index contributed by atoms with van der Waals surface area (Å²) in [6.45, 7) is 0. The van der Waals surface area contributed by atoms with Gasteiger partial charge in [-0.1, -0.05) is 5.92 Å². The first-order valence-corrected chi connectivity index (χ1v) is 3.18. The third kappa shape index (κ3) is 1.41. The lowest BCUT2D eigenvalue weighted by molar-refractivity contribution is 1.28. The molecule has 0 spiro atoms. The third-order valence-corrected chi connectivity index (χ3v) is 1.32. The van der Waals surface area contributed by atoms with Gasteiger partial charge >= 0.3 is 0 Å². The van der Waals surface area contributed by atoms with Gasteiger partial charge in [-0.3, -0.25) is 0 Å². The minimum absolute atomic E-state index is 0.572. The van der Waals surface area contributed by atoms with E-state index < -0.39 is 0 Å². The molecule has 0 bridgehead atoms. The van der Waals surface area contributed by atoms with Crippen LogP contribution in [0.3, 0.4) is 0 Å². The van der Waals surface area contributed by atoms with Crippen LogP contribution < -0.4 is 11.1 Å². The monoisotopic (exact) mass is 147 g/mol. The zero-order chi connectivity index (χ0) is 8.27. The molecular weight excluding hydrogens is 138 g/mol. The molecule has 0 aliphatic rings. The molecule has 0 amide bonds. The van der Waals surface area contributed by atoms with Crippen molar-refractivity contribution in [3.8, 4) is 12.3 Å². The predicted octanol–water partition coefficient (Wildman–Crippen LogP) is 0.687. The quantitative estimate of drug-likeness (QED) is 0.574. The predicted molar refractivity (Wildman–Crippen MR) is 46.1 cm³/mol. The van der Waals surface area contributed by atoms with E-state index in [-0.39, 0.29) is 0 Å². The van der Waals surface area contributed by atoms with Crippen molar-refractivity contribution in [3.05, 3.63) is 17.8 Å². The van der Waals surface area contributed by atoms with E-state index in [1.165, 1.54) is 0 Å². The number of terminal acetylenes is 1. The standard InChI is InChI=1S/C8H9N3/c1-3-6-4-7(9)8(10-2)11-5-6/h1,4-5H,9H2,2H3,(H,10,11). The summed E-state index contributed by atoms with van der Waals surface area (Å²) < 4.78 is 0. The maximum absolute atomic E-state index is 5.59. The molecule has 0 unspecified atom stereocenters. The normalized spacial score (nSPS) is 8.73. The van der Waals surface area contributed by atoms with Gasteiger partial charge in [-0.05, 0) is 6.07 Å². The smallest absolute Gasteiger partial charge is 0.148 e. The SMILES string of the molecule is C#Cc1cnc(NC)c(N)c1. The van der Waals surface area contributed by atoms with Crippen LogP contribution in [0.2, 0.25) is 0 Å². The molecule has 11 heavy (non-hydrogen) atoms. The Hall–Kier alpha value is -1.69. The van der Waals surface area contributed by atoms with Gasteiger partial charge in [-0.2, -0.15) is 0 Å². The van der Waals surface area contributed by atoms with Crippen LogP contribution in [-0.2, 0) is 0 Å². The van der Waals surface area contributed by atoms with E-state index in [0.29, 0.717) is 17.1 Å². The first-order valence-electron chi connectivity index (χ1n) is 3.18. The number of nitrogens with one attached hydrogen (secondary N) is 1. The van der Waals surface area contributed by atoms with Crippen LogP contribution in [0.1, 0.15) is 5.56 Å². The average Bonchev–Trinajstić information content (AvgIpc) is 2.04. The van der Waals surface area contributed by atoms with Gasteiger partial charge in [0, 0.05) is 18.8 Å². The maximum Gasteiger partial charge on any atom is 0.148 e. The summed E-state index contributed by atoms with van der Waals surface area (Å²) in [4.78, 5) is 3.99. The molecule has 1 rings (SSSR count). The molecule has 0 fully saturated rings. The van der Waals surface area contributed by atoms with Gasteiger partial charge in [0.05, 0.1) is 5.69 Å². The van der Waals surface area contributed by atoms with E-state index in [2.05, 4.69) is 16.2 Å². The number of pyridine rings is 1. The minimum Gasteiger partial charge on any atom is -0.396 e. The molecule has 0 saturated heterocycles. The average molecular weight is 147 g/mol. The molecule has 0 aromatic carbocycles. The number of hydrogen-bond acceptors (Lipinski definition) is 3. The fraction of sp³-hybridized carbons (Fsp3) is 0.125. The molecule has 3 nitrogen and oxygen atoms in total. The largest absolute Gasteiger partial charge is 0.396 e. The highest BCUT2D eigenvalue weighted by Gasteiger charge is 1.96. The Morgan fingerprint density at radius 1 is 1.73 bits per heavy atom. The number of nitrogens with two attached hydrogens (primary N) is 1. The Labute approximate surface area is 65.6 Å². The van der Waals surface area contributed by atoms with Crippen molar-refractivity contribution in [2.45, 2.75) is 0 Å². The molecule has 1 aromatic rings. The minimum atomic E-state index is 0.572. The van der Waals surface area contributed by atoms with Gasteiger partial charge in [0.25, 0.3) is 0 Å². The van der Waals surface area contributed by atoms with Crippen molar-refractivity contribution in [1.29, 1.82) is 0 Å². The zero-order valence-corrected chi connectivity index (χ0v) is 6.26. The lowest BCUT2D eigenvalue weighted by Gasteiger charge is -2.02. The summed E-state index contributed by atoms with van der Waals surface area (Å²) in [6, 6.07) is 1.71. The number of nitrogen functional groups attached to an aromatic ring is 1. The Balaban J connectivity index is 3.12. The molecule has 0 atom stereocenters. The summed E-state index contributed by atoms with van der Waals surface area (Å²) in [5, 5.41) is 2.84. The first-order chi connectivity index (χ1) is 5.27. The van der Waals surface area contributed by atoms with E-state index in [1.54, 1.807) is 19.3 Å². The van der Waals surface area contributed by atoms with E-state index in [4.69, 9.17) is 12.2 Å². The molecule has 0 saturated carbocycles. The summed E-state index contributed by atoms with van der Waals surface area (Å²) in [7, 11) is 1.76. The topological polar surface area (TPSA) is 50.9 Å². The Morgan fingerprint density at radius 3 is 2.91 bits per heavy atom. The molecule has 3 N–H and O–H groups in total. The van der Waals surface area contributed by atoms with Gasteiger partial charge in [0.15, 0.2) is 0 Å². The van der Waals surface area contributed by atoms with Gasteiger partial charge in [-0.15, -0.1) is 6.42 Å². The van der Waals surface area contributed by atoms with Crippen LogP contribution >= 0.6 is 0 Å². The molecule has 1 aromatic heterocycles. The highest BCUT2D eigenvalue weighted by Crippen LogP contribution is 2.14. The van der Waals surface area contributed by atoms with Gasteiger partial charge < -0.3 is 11.1 Å². The van der Waals surface area contributed by atoms with Gasteiger partial charge in [-0.25, -0.2) is 4.98 Å². The maximum atomic E-state index is 5.59. The van der Waals surface area contributed by atoms with Crippen molar-refractivity contribution >= 4 is 11.5 Å². The van der Waals surface area contributed by atoms with Crippen LogP contribution in [0, 0.1) is 12.3 Å². The summed E-state index contributed by atoms with van der Waals surface area (Å²) in [5.74, 6) is 3.11. The van der Waals surface area contributed by atoms with E-state index in [1.807, 2.05) is 0 Å². The number of anilines is 2. The number of hydrogen-bond donors (Lipinski definition) is 2. The van der Waals surface area contributed by atoms with Crippen molar-refractivity contribution in [2.24, 2.45) is 0 Å². The van der Waals surface area contributed by atoms with E-state index >= 15 is 0 Å². The number of nitrogens with zero attached hydrogens (tertiary/aromatic N) is 1. The van der Waals surface area contributed by atoms with Crippen LogP contribution in [0.25, 0.3) is 0 Å². The van der Waals surface area contributed by atoms with E-state index in [0.717, 1.165) is 0 Å². The summed E-state index contributed by atoms with van der Waals surface area (Å²) in [6.07, 6.45) is 6.74. The Bertz CT molecular complexity index is 299. The summed E-state index contributed by atoms with van der Waals surface area (Å²) >= 11 is 0. The Morgan fingerprint density at radius 2 is 2.45 bits per heavy atom. The first kappa shape index (κ1) is 7.42. The zero-order valence-electron chi connectivity index (χ0n) is 6.26. The van der Waals surface area contributed by atoms with Crippen LogP contribution in [-0.4, -0.2) is 12.0 Å². The van der Waals surface area contributed by atoms with Crippen molar-refractivity contribution in [1.82, 2.24) is 4.98 Å². The number of aromatic nitrogens is 1.